The van der Waals surface area contributed by atoms with Gasteiger partial charge in [0.25, 0.3) is 10.0 Å². The fraction of sp³-hybridized carbons (Fsp3) is 0.400. The number of thiazole rings is 1. The van der Waals surface area contributed by atoms with Gasteiger partial charge in [0.1, 0.15) is 6.33 Å². The number of aromatic nitrogens is 4. The number of nitrogens with zero attached hydrogens (tertiary/aromatic N) is 5. The van der Waals surface area contributed by atoms with E-state index in [4.69, 9.17) is 0 Å². The fourth-order valence-electron chi connectivity index (χ4n) is 3.09. The summed E-state index contributed by atoms with van der Waals surface area (Å²) in [6, 6.07) is 4.01. The molecule has 3 aromatic rings. The first kappa shape index (κ1) is 15.7. The zero-order valence-corrected chi connectivity index (χ0v) is 14.8. The van der Waals surface area contributed by atoms with E-state index < -0.39 is 10.0 Å². The highest BCUT2D eigenvalue weighted by Gasteiger charge is 2.31. The minimum atomic E-state index is -3.41. The van der Waals surface area contributed by atoms with Crippen LogP contribution in [0.5, 0.6) is 0 Å². The third-order valence-electron chi connectivity index (χ3n) is 4.42. The second-order valence-corrected chi connectivity index (χ2v) is 9.30. The van der Waals surface area contributed by atoms with E-state index in [-0.39, 0.29) is 0 Å². The van der Waals surface area contributed by atoms with E-state index in [0.717, 1.165) is 23.5 Å². The number of hydrogen-bond donors (Lipinski definition) is 0. The highest BCUT2D eigenvalue weighted by molar-refractivity contribution is 7.91. The van der Waals surface area contributed by atoms with Crippen molar-refractivity contribution in [3.63, 3.8) is 0 Å². The van der Waals surface area contributed by atoms with Crippen LogP contribution in [-0.4, -0.2) is 45.4 Å². The van der Waals surface area contributed by atoms with Crippen molar-refractivity contribution in [2.24, 2.45) is 0 Å². The van der Waals surface area contributed by atoms with Crippen LogP contribution in [0.3, 0.4) is 0 Å². The summed E-state index contributed by atoms with van der Waals surface area (Å²) in [7, 11) is -3.41. The lowest BCUT2D eigenvalue weighted by Gasteiger charge is -2.30. The Morgan fingerprint density at radius 2 is 2.00 bits per heavy atom. The van der Waals surface area contributed by atoms with Crippen LogP contribution >= 0.6 is 11.3 Å². The van der Waals surface area contributed by atoms with E-state index in [1.807, 2.05) is 19.2 Å². The molecule has 4 heterocycles. The summed E-state index contributed by atoms with van der Waals surface area (Å²) < 4.78 is 29.0. The van der Waals surface area contributed by atoms with Crippen LogP contribution in [0.4, 0.5) is 0 Å². The van der Waals surface area contributed by atoms with Crippen molar-refractivity contribution in [3.8, 4) is 0 Å². The van der Waals surface area contributed by atoms with Crippen LogP contribution in [0.2, 0.25) is 0 Å². The van der Waals surface area contributed by atoms with Gasteiger partial charge in [0, 0.05) is 19.3 Å². The Morgan fingerprint density at radius 3 is 2.71 bits per heavy atom. The number of pyridine rings is 1. The van der Waals surface area contributed by atoms with E-state index >= 15 is 0 Å². The summed E-state index contributed by atoms with van der Waals surface area (Å²) in [4.78, 5) is 8.21. The third kappa shape index (κ3) is 2.72. The van der Waals surface area contributed by atoms with Crippen LogP contribution in [0.25, 0.3) is 5.65 Å². The molecule has 1 aliphatic heterocycles. The maximum atomic E-state index is 12.7. The Morgan fingerprint density at radius 1 is 1.21 bits per heavy atom. The molecule has 0 radical (unpaired) electrons. The number of rotatable bonds is 3. The highest BCUT2D eigenvalue weighted by atomic mass is 32.2. The van der Waals surface area contributed by atoms with Gasteiger partial charge in [-0.1, -0.05) is 6.07 Å². The largest absolute Gasteiger partial charge is 0.254 e. The van der Waals surface area contributed by atoms with Crippen LogP contribution in [0.15, 0.2) is 35.1 Å². The minimum absolute atomic E-state index is 0.336. The van der Waals surface area contributed by atoms with E-state index in [2.05, 4.69) is 21.1 Å². The van der Waals surface area contributed by atoms with Gasteiger partial charge in [-0.15, -0.1) is 11.3 Å². The summed E-state index contributed by atoms with van der Waals surface area (Å²) in [6.45, 7) is 2.87. The summed E-state index contributed by atoms with van der Waals surface area (Å²) in [5.41, 5.74) is 2.00. The average molecular weight is 363 g/mol. The van der Waals surface area contributed by atoms with E-state index in [0.29, 0.717) is 23.2 Å². The quantitative estimate of drug-likeness (QED) is 0.711. The second-order valence-electron chi connectivity index (χ2n) is 5.90. The molecule has 0 amide bonds. The van der Waals surface area contributed by atoms with Crippen molar-refractivity contribution < 1.29 is 8.42 Å². The molecule has 0 saturated carbocycles. The van der Waals surface area contributed by atoms with Gasteiger partial charge in [-0.3, -0.25) is 0 Å². The molecule has 24 heavy (non-hydrogen) atoms. The Labute approximate surface area is 144 Å². The summed E-state index contributed by atoms with van der Waals surface area (Å²) in [5.74, 6) is 0.341. The first-order chi connectivity index (χ1) is 11.5. The first-order valence-electron chi connectivity index (χ1n) is 7.76. The molecule has 0 spiro atoms. The lowest BCUT2D eigenvalue weighted by molar-refractivity contribution is 0.319. The molecule has 0 atom stereocenters. The van der Waals surface area contributed by atoms with Gasteiger partial charge < -0.3 is 0 Å². The minimum Gasteiger partial charge on any atom is -0.249 e. The molecule has 0 unspecified atom stereocenters. The molecule has 9 heteroatoms. The average Bonchev–Trinajstić information content (AvgIpc) is 3.23. The Hall–Kier alpha value is -1.84. The highest BCUT2D eigenvalue weighted by Crippen LogP contribution is 2.31. The Kier molecular flexibility index (Phi) is 3.86. The smallest absolute Gasteiger partial charge is 0.249 e. The topological polar surface area (TPSA) is 80.5 Å². The van der Waals surface area contributed by atoms with Gasteiger partial charge in [-0.2, -0.15) is 9.40 Å². The first-order valence-corrected chi connectivity index (χ1v) is 10.0. The maximum Gasteiger partial charge on any atom is 0.254 e. The van der Waals surface area contributed by atoms with Crippen molar-refractivity contribution >= 4 is 27.0 Å². The molecule has 0 aromatic carbocycles. The van der Waals surface area contributed by atoms with E-state index in [1.165, 1.54) is 29.4 Å². The molecular formula is C15H17N5O2S2. The van der Waals surface area contributed by atoms with Crippen LogP contribution in [0.1, 0.15) is 29.3 Å². The molecule has 7 nitrogen and oxygen atoms in total. The standard InChI is InChI=1S/C15H17N5O2S2/c1-11-16-8-15(23-11)24(21,22)19-6-4-12(5-7-19)13-2-3-14-17-10-18-20(14)9-13/h2-3,8-10,12H,4-7H2,1H3. The molecule has 0 aliphatic carbocycles. The molecule has 4 rings (SSSR count). The van der Waals surface area contributed by atoms with E-state index in [1.54, 1.807) is 8.82 Å². The zero-order chi connectivity index (χ0) is 16.7. The van der Waals surface area contributed by atoms with Gasteiger partial charge in [-0.25, -0.2) is 22.9 Å². The summed E-state index contributed by atoms with van der Waals surface area (Å²) in [6.07, 6.45) is 6.59. The Balaban J connectivity index is 1.50. The molecule has 1 saturated heterocycles. The summed E-state index contributed by atoms with van der Waals surface area (Å²) >= 11 is 1.23. The molecular weight excluding hydrogens is 346 g/mol. The molecule has 126 valence electrons. The van der Waals surface area contributed by atoms with Gasteiger partial charge >= 0.3 is 0 Å². The third-order valence-corrected chi connectivity index (χ3v) is 7.66. The number of aryl methyl sites for hydroxylation is 1. The number of sulfonamides is 1. The molecule has 3 aromatic heterocycles. The van der Waals surface area contributed by atoms with Crippen LogP contribution in [0, 0.1) is 6.92 Å². The van der Waals surface area contributed by atoms with Crippen LogP contribution < -0.4 is 0 Å². The van der Waals surface area contributed by atoms with Crippen molar-refractivity contribution in [1.29, 1.82) is 0 Å². The van der Waals surface area contributed by atoms with Gasteiger partial charge in [0.05, 0.1) is 11.2 Å². The SMILES string of the molecule is Cc1ncc(S(=O)(=O)N2CCC(c3ccc4ncnn4c3)CC2)s1. The van der Waals surface area contributed by atoms with E-state index in [9.17, 15) is 8.42 Å². The lowest BCUT2D eigenvalue weighted by atomic mass is 9.91. The van der Waals surface area contributed by atoms with Crippen molar-refractivity contribution in [1.82, 2.24) is 23.9 Å². The summed E-state index contributed by atoms with van der Waals surface area (Å²) in [5, 5.41) is 4.93. The van der Waals surface area contributed by atoms with Gasteiger partial charge in [0.2, 0.25) is 0 Å². The number of piperidine rings is 1. The maximum absolute atomic E-state index is 12.7. The van der Waals surface area contributed by atoms with Crippen molar-refractivity contribution in [3.05, 3.63) is 41.4 Å². The molecule has 1 aliphatic rings. The lowest BCUT2D eigenvalue weighted by Crippen LogP contribution is -2.37. The van der Waals surface area contributed by atoms with Crippen molar-refractivity contribution in [2.75, 3.05) is 13.1 Å². The second kappa shape index (κ2) is 5.91. The fourth-order valence-corrected chi connectivity index (χ4v) is 5.83. The monoisotopic (exact) mass is 363 g/mol. The van der Waals surface area contributed by atoms with Crippen LogP contribution in [-0.2, 0) is 10.0 Å². The molecule has 1 fully saturated rings. The molecule has 0 N–H and O–H groups in total. The normalized spacial score (nSPS) is 17.5. The zero-order valence-electron chi connectivity index (χ0n) is 13.2. The molecule has 0 bridgehead atoms. The van der Waals surface area contributed by atoms with Crippen molar-refractivity contribution in [2.45, 2.75) is 29.9 Å². The van der Waals surface area contributed by atoms with Gasteiger partial charge in [-0.05, 0) is 37.3 Å². The predicted octanol–water partition coefficient (Wildman–Crippen LogP) is 2.06. The van der Waals surface area contributed by atoms with Gasteiger partial charge in [0.15, 0.2) is 9.86 Å². The number of fused-ring (bicyclic) bond motifs is 1. The Bertz CT molecular complexity index is 971. The predicted molar refractivity (Wildman–Crippen MR) is 90.6 cm³/mol. The number of hydrogen-bond acceptors (Lipinski definition) is 6.